The molecular formula is C24H29N5O2S2. The van der Waals surface area contributed by atoms with Crippen molar-refractivity contribution in [3.05, 3.63) is 59.5 Å². The van der Waals surface area contributed by atoms with Gasteiger partial charge in [0.15, 0.2) is 0 Å². The van der Waals surface area contributed by atoms with Crippen LogP contribution in [0.5, 0.6) is 0 Å². The summed E-state index contributed by atoms with van der Waals surface area (Å²) in [7, 11) is 0.514. The standard InChI is InChI=1S/C24H29N5O2S2/c1-28(2)21-12-10-19(11-13-21)17-25-27-24-26-23(18-32-24)20-8-7-9-22(16-20)33(30,31)29-14-5-3-4-6-15-29/h7-13,16-18H,3-6,14-15H2,1-2H3,(H,26,27)/b25-17+. The molecule has 0 amide bonds. The fourth-order valence-corrected chi connectivity index (χ4v) is 5.96. The van der Waals surface area contributed by atoms with Crippen molar-refractivity contribution in [2.75, 3.05) is 37.5 Å². The van der Waals surface area contributed by atoms with Crippen molar-refractivity contribution >= 4 is 38.4 Å². The molecule has 174 valence electrons. The first kappa shape index (κ1) is 23.4. The molecule has 3 aromatic rings. The van der Waals surface area contributed by atoms with Crippen molar-refractivity contribution in [1.82, 2.24) is 9.29 Å². The van der Waals surface area contributed by atoms with Crippen LogP contribution in [0.3, 0.4) is 0 Å². The highest BCUT2D eigenvalue weighted by Gasteiger charge is 2.25. The van der Waals surface area contributed by atoms with E-state index in [0.717, 1.165) is 48.2 Å². The highest BCUT2D eigenvalue weighted by atomic mass is 32.2. The minimum atomic E-state index is -3.50. The lowest BCUT2D eigenvalue weighted by Crippen LogP contribution is -2.31. The van der Waals surface area contributed by atoms with Gasteiger partial charge in [-0.3, -0.25) is 5.43 Å². The first-order valence-electron chi connectivity index (χ1n) is 11.1. The Hall–Kier alpha value is -2.75. The van der Waals surface area contributed by atoms with Gasteiger partial charge in [-0.15, -0.1) is 11.3 Å². The third kappa shape index (κ3) is 5.79. The van der Waals surface area contributed by atoms with Crippen molar-refractivity contribution in [3.63, 3.8) is 0 Å². The van der Waals surface area contributed by atoms with Crippen LogP contribution in [0, 0.1) is 0 Å². The van der Waals surface area contributed by atoms with Crippen LogP contribution in [0.15, 0.2) is 63.9 Å². The van der Waals surface area contributed by atoms with E-state index in [2.05, 4.69) is 15.5 Å². The summed E-state index contributed by atoms with van der Waals surface area (Å²) < 4.78 is 27.9. The van der Waals surface area contributed by atoms with Crippen molar-refractivity contribution in [3.8, 4) is 11.3 Å². The van der Waals surface area contributed by atoms with E-state index in [-0.39, 0.29) is 0 Å². The molecule has 33 heavy (non-hydrogen) atoms. The number of thiazole rings is 1. The Morgan fingerprint density at radius 1 is 1.06 bits per heavy atom. The molecule has 1 aromatic heterocycles. The van der Waals surface area contributed by atoms with Crippen molar-refractivity contribution < 1.29 is 8.42 Å². The number of rotatable bonds is 7. The first-order valence-corrected chi connectivity index (χ1v) is 13.4. The maximum Gasteiger partial charge on any atom is 0.243 e. The van der Waals surface area contributed by atoms with E-state index >= 15 is 0 Å². The molecule has 7 nitrogen and oxygen atoms in total. The summed E-state index contributed by atoms with van der Waals surface area (Å²) >= 11 is 1.43. The number of nitrogens with zero attached hydrogens (tertiary/aromatic N) is 4. The minimum absolute atomic E-state index is 0.323. The first-order chi connectivity index (χ1) is 15.9. The maximum atomic E-state index is 13.1. The third-order valence-corrected chi connectivity index (χ3v) is 8.26. The SMILES string of the molecule is CN(C)c1ccc(/C=N/Nc2nc(-c3cccc(S(=O)(=O)N4CCCCCC4)c3)cs2)cc1. The lowest BCUT2D eigenvalue weighted by atomic mass is 10.2. The van der Waals surface area contributed by atoms with Gasteiger partial charge in [0.25, 0.3) is 0 Å². The zero-order valence-corrected chi connectivity index (χ0v) is 20.6. The number of hydrazone groups is 1. The quantitative estimate of drug-likeness (QED) is 0.383. The van der Waals surface area contributed by atoms with Crippen LogP contribution in [0.25, 0.3) is 11.3 Å². The number of sulfonamides is 1. The molecule has 1 fully saturated rings. The Morgan fingerprint density at radius 2 is 1.79 bits per heavy atom. The van der Waals surface area contributed by atoms with E-state index in [9.17, 15) is 8.42 Å². The van der Waals surface area contributed by atoms with Gasteiger partial charge in [0.1, 0.15) is 0 Å². The third-order valence-electron chi connectivity index (χ3n) is 5.62. The monoisotopic (exact) mass is 483 g/mol. The lowest BCUT2D eigenvalue weighted by Gasteiger charge is -2.20. The summed E-state index contributed by atoms with van der Waals surface area (Å²) in [6.45, 7) is 1.18. The van der Waals surface area contributed by atoms with Crippen molar-refractivity contribution in [2.45, 2.75) is 30.6 Å². The predicted molar refractivity (Wildman–Crippen MR) is 137 cm³/mol. The largest absolute Gasteiger partial charge is 0.378 e. The Balaban J connectivity index is 1.45. The highest BCUT2D eigenvalue weighted by Crippen LogP contribution is 2.28. The summed E-state index contributed by atoms with van der Waals surface area (Å²) in [6.07, 6.45) is 5.75. The number of aromatic nitrogens is 1. The van der Waals surface area contributed by atoms with Gasteiger partial charge < -0.3 is 4.90 Å². The molecule has 9 heteroatoms. The summed E-state index contributed by atoms with van der Waals surface area (Å²) in [5, 5.41) is 6.83. The molecule has 0 atom stereocenters. The van der Waals surface area contributed by atoms with Gasteiger partial charge in [-0.05, 0) is 42.7 Å². The maximum absolute atomic E-state index is 13.1. The van der Waals surface area contributed by atoms with Crippen LogP contribution in [0.4, 0.5) is 10.8 Å². The van der Waals surface area contributed by atoms with E-state index < -0.39 is 10.0 Å². The smallest absolute Gasteiger partial charge is 0.243 e. The summed E-state index contributed by atoms with van der Waals surface area (Å²) in [5.74, 6) is 0. The van der Waals surface area contributed by atoms with Crippen LogP contribution >= 0.6 is 11.3 Å². The molecule has 2 aromatic carbocycles. The molecule has 1 aliphatic rings. The van der Waals surface area contributed by atoms with E-state index in [4.69, 9.17) is 0 Å². The van der Waals surface area contributed by atoms with Crippen molar-refractivity contribution in [2.24, 2.45) is 5.10 Å². The highest BCUT2D eigenvalue weighted by molar-refractivity contribution is 7.89. The second kappa shape index (κ2) is 10.5. The van der Waals surface area contributed by atoms with Gasteiger partial charge >= 0.3 is 0 Å². The number of nitrogens with one attached hydrogen (secondary N) is 1. The Morgan fingerprint density at radius 3 is 2.48 bits per heavy atom. The molecule has 2 heterocycles. The van der Waals surface area contributed by atoms with E-state index in [0.29, 0.717) is 23.1 Å². The molecule has 0 saturated carbocycles. The molecule has 0 unspecified atom stereocenters. The minimum Gasteiger partial charge on any atom is -0.378 e. The van der Waals surface area contributed by atoms with E-state index in [1.807, 2.05) is 54.7 Å². The molecule has 4 rings (SSSR count). The molecule has 0 spiro atoms. The van der Waals surface area contributed by atoms with Crippen LogP contribution in [-0.2, 0) is 10.0 Å². The Labute approximate surface area is 199 Å². The molecular weight excluding hydrogens is 454 g/mol. The van der Waals surface area contributed by atoms with Crippen LogP contribution < -0.4 is 10.3 Å². The molecule has 1 N–H and O–H groups in total. The van der Waals surface area contributed by atoms with Gasteiger partial charge in [0.05, 0.1) is 16.8 Å². The van der Waals surface area contributed by atoms with Gasteiger partial charge in [-0.25, -0.2) is 13.4 Å². The zero-order valence-electron chi connectivity index (χ0n) is 18.9. The number of benzene rings is 2. The second-order valence-corrected chi connectivity index (χ2v) is 11.0. The summed E-state index contributed by atoms with van der Waals surface area (Å²) in [5.41, 5.74) is 6.58. The second-order valence-electron chi connectivity index (χ2n) is 8.24. The summed E-state index contributed by atoms with van der Waals surface area (Å²) in [4.78, 5) is 6.95. The average Bonchev–Trinajstić information content (AvgIpc) is 3.11. The number of hydrogen-bond acceptors (Lipinski definition) is 7. The van der Waals surface area contributed by atoms with Gasteiger partial charge in [0, 0.05) is 43.8 Å². The fraction of sp³-hybridized carbons (Fsp3) is 0.333. The Kier molecular flexibility index (Phi) is 7.42. The topological polar surface area (TPSA) is 77.9 Å². The lowest BCUT2D eigenvalue weighted by molar-refractivity contribution is 0.424. The zero-order chi connectivity index (χ0) is 23.3. The fourth-order valence-electron chi connectivity index (χ4n) is 3.73. The predicted octanol–water partition coefficient (Wildman–Crippen LogP) is 4.89. The van der Waals surface area contributed by atoms with Crippen molar-refractivity contribution in [1.29, 1.82) is 0 Å². The average molecular weight is 484 g/mol. The number of anilines is 2. The van der Waals surface area contributed by atoms with Gasteiger partial charge in [-0.2, -0.15) is 9.41 Å². The summed E-state index contributed by atoms with van der Waals surface area (Å²) in [6, 6.07) is 15.1. The van der Waals surface area contributed by atoms with Crippen LogP contribution in [0.2, 0.25) is 0 Å². The van der Waals surface area contributed by atoms with E-state index in [1.54, 1.807) is 28.7 Å². The van der Waals surface area contributed by atoms with E-state index in [1.165, 1.54) is 11.3 Å². The molecule has 0 bridgehead atoms. The normalized spacial score (nSPS) is 15.5. The molecule has 1 saturated heterocycles. The molecule has 1 aliphatic heterocycles. The van der Waals surface area contributed by atoms with Gasteiger partial charge in [0.2, 0.25) is 15.2 Å². The number of hydrogen-bond donors (Lipinski definition) is 1. The van der Waals surface area contributed by atoms with Crippen LogP contribution in [-0.4, -0.2) is 51.1 Å². The Bertz CT molecular complexity index is 1200. The molecule has 0 radical (unpaired) electrons. The van der Waals surface area contributed by atoms with Crippen LogP contribution in [0.1, 0.15) is 31.2 Å². The molecule has 0 aliphatic carbocycles. The van der Waals surface area contributed by atoms with Gasteiger partial charge in [-0.1, -0.05) is 37.1 Å².